The highest BCUT2D eigenvalue weighted by Crippen LogP contribution is 2.44. The van der Waals surface area contributed by atoms with Crippen LogP contribution in [0.4, 0.5) is 0 Å². The second-order valence-electron chi connectivity index (χ2n) is 3.64. The minimum atomic E-state index is -2.09. The van der Waals surface area contributed by atoms with Gasteiger partial charge in [0.1, 0.15) is 6.26 Å². The fourth-order valence-corrected chi connectivity index (χ4v) is 4.86. The van der Waals surface area contributed by atoms with Crippen LogP contribution >= 0.6 is 6.26 Å². The smallest absolute Gasteiger partial charge is 0.123 e. The zero-order valence-corrected chi connectivity index (χ0v) is 11.5. The lowest BCUT2D eigenvalue weighted by Gasteiger charge is -2.22. The van der Waals surface area contributed by atoms with Gasteiger partial charge in [0.2, 0.25) is 0 Å². The molecule has 0 saturated heterocycles. The van der Waals surface area contributed by atoms with Crippen LogP contribution in [0.25, 0.3) is 0 Å². The summed E-state index contributed by atoms with van der Waals surface area (Å²) in [5, 5.41) is 2.23. The molecule has 0 aliphatic heterocycles. The molecule has 0 unspecified atom stereocenters. The summed E-state index contributed by atoms with van der Waals surface area (Å²) in [6.07, 6.45) is -2.09. The van der Waals surface area contributed by atoms with Gasteiger partial charge in [0.25, 0.3) is 0 Å². The normalized spacial score (nSPS) is 11.4. The minimum absolute atomic E-state index is 0.640. The first-order valence-electron chi connectivity index (χ1n) is 5.63. The molecule has 17 heavy (non-hydrogen) atoms. The van der Waals surface area contributed by atoms with Crippen molar-refractivity contribution in [3.63, 3.8) is 0 Å². The fraction of sp³-hybridized carbons (Fsp3) is 0.143. The molecule has 0 aliphatic rings. The fourth-order valence-electron chi connectivity index (χ4n) is 1.73. The number of hydrogen-bond acceptors (Lipinski definition) is 2. The van der Waals surface area contributed by atoms with Crippen molar-refractivity contribution in [2.45, 2.75) is 6.92 Å². The van der Waals surface area contributed by atoms with E-state index in [4.69, 9.17) is 16.3 Å². The molecule has 2 aromatic rings. The van der Waals surface area contributed by atoms with Gasteiger partial charge in [0, 0.05) is 17.2 Å². The van der Waals surface area contributed by atoms with Crippen LogP contribution in [-0.4, -0.2) is 6.61 Å². The van der Waals surface area contributed by atoms with Crippen molar-refractivity contribution in [3.8, 4) is 0 Å². The van der Waals surface area contributed by atoms with Gasteiger partial charge in [-0.2, -0.15) is 0 Å². The van der Waals surface area contributed by atoms with Gasteiger partial charge in [-0.05, 0) is 6.92 Å². The molecule has 2 aromatic carbocycles. The first-order chi connectivity index (χ1) is 8.27. The Hall–Kier alpha value is -0.950. The van der Waals surface area contributed by atoms with Crippen LogP contribution in [-0.2, 0) is 16.3 Å². The molecule has 0 aromatic heterocycles. The molecule has 3 heteroatoms. The lowest BCUT2D eigenvalue weighted by Crippen LogP contribution is -2.17. The van der Waals surface area contributed by atoms with Crippen LogP contribution in [0.5, 0.6) is 0 Å². The van der Waals surface area contributed by atoms with Crippen LogP contribution < -0.4 is 10.6 Å². The van der Waals surface area contributed by atoms with Crippen molar-refractivity contribution in [2.75, 3.05) is 6.61 Å². The second-order valence-corrected chi connectivity index (χ2v) is 7.58. The van der Waals surface area contributed by atoms with E-state index in [1.54, 1.807) is 0 Å². The minimum Gasteiger partial charge on any atom is -0.343 e. The van der Waals surface area contributed by atoms with Gasteiger partial charge < -0.3 is 4.52 Å². The number of hydrogen-bond donors (Lipinski definition) is 0. The van der Waals surface area contributed by atoms with E-state index in [1.807, 2.05) is 43.3 Å². The van der Waals surface area contributed by atoms with Gasteiger partial charge in [0.05, 0.1) is 0 Å². The maximum Gasteiger partial charge on any atom is 0.123 e. The topological polar surface area (TPSA) is 9.23 Å². The summed E-state index contributed by atoms with van der Waals surface area (Å²) in [5.74, 6) is 0. The lowest BCUT2D eigenvalue weighted by molar-refractivity contribution is 0.386. The highest BCUT2D eigenvalue weighted by molar-refractivity contribution is 8.19. The Balaban J connectivity index is 2.51. The molecule has 0 aliphatic carbocycles. The molecule has 0 fully saturated rings. The predicted octanol–water partition coefficient (Wildman–Crippen LogP) is 3.07. The van der Waals surface area contributed by atoms with E-state index in [-0.39, 0.29) is 0 Å². The van der Waals surface area contributed by atoms with Crippen LogP contribution in [0, 0.1) is 0 Å². The van der Waals surface area contributed by atoms with Crippen molar-refractivity contribution in [2.24, 2.45) is 0 Å². The summed E-state index contributed by atoms with van der Waals surface area (Å²) in [6.45, 7) is 2.63. The Morgan fingerprint density at radius 1 is 0.882 bits per heavy atom. The van der Waals surface area contributed by atoms with Gasteiger partial charge in [-0.1, -0.05) is 72.5 Å². The summed E-state index contributed by atoms with van der Waals surface area (Å²) in [4.78, 5) is 0. The van der Waals surface area contributed by atoms with Crippen LogP contribution in [0.15, 0.2) is 60.7 Å². The molecule has 2 rings (SSSR count). The number of benzene rings is 2. The Morgan fingerprint density at radius 2 is 1.29 bits per heavy atom. The third kappa shape index (κ3) is 2.66. The van der Waals surface area contributed by atoms with Crippen LogP contribution in [0.3, 0.4) is 0 Å². The summed E-state index contributed by atoms with van der Waals surface area (Å²) in [6, 6.07) is 20.3. The highest BCUT2D eigenvalue weighted by Gasteiger charge is 2.21. The van der Waals surface area contributed by atoms with E-state index in [0.29, 0.717) is 6.61 Å². The first kappa shape index (κ1) is 12.5. The Kier molecular flexibility index (Phi) is 4.11. The molecule has 0 radical (unpaired) electrons. The molecule has 0 spiro atoms. The average molecular weight is 262 g/mol. The molecule has 88 valence electrons. The average Bonchev–Trinajstić information content (AvgIpc) is 2.41. The largest absolute Gasteiger partial charge is 0.343 e. The van der Waals surface area contributed by atoms with E-state index in [1.165, 1.54) is 0 Å². The standard InChI is InChI=1S/C14H15OPS/c1-2-15-16(17,13-9-5-3-6-10-13)14-11-7-4-8-12-14/h3-12H,2H2,1H3. The Labute approximate surface area is 108 Å². The lowest BCUT2D eigenvalue weighted by atomic mass is 10.4. The van der Waals surface area contributed by atoms with Gasteiger partial charge >= 0.3 is 0 Å². The predicted molar refractivity (Wildman–Crippen MR) is 78.1 cm³/mol. The summed E-state index contributed by atoms with van der Waals surface area (Å²) in [7, 11) is 0. The SMILES string of the molecule is CCOP(=S)(c1ccccc1)c1ccccc1. The summed E-state index contributed by atoms with van der Waals surface area (Å²) >= 11 is 5.82. The molecular formula is C14H15OPS. The van der Waals surface area contributed by atoms with Crippen LogP contribution in [0.1, 0.15) is 6.92 Å². The number of rotatable bonds is 4. The molecule has 1 nitrogen and oxygen atoms in total. The van der Waals surface area contributed by atoms with Gasteiger partial charge in [0.15, 0.2) is 0 Å². The van der Waals surface area contributed by atoms with Crippen LogP contribution in [0.2, 0.25) is 0 Å². The van der Waals surface area contributed by atoms with Crippen molar-refractivity contribution in [1.82, 2.24) is 0 Å². The van der Waals surface area contributed by atoms with Gasteiger partial charge in [-0.15, -0.1) is 0 Å². The molecular weight excluding hydrogens is 247 g/mol. The molecule has 0 heterocycles. The van der Waals surface area contributed by atoms with Crippen molar-refractivity contribution in [3.05, 3.63) is 60.7 Å². The molecule has 0 N–H and O–H groups in total. The Bertz CT molecular complexity index is 467. The van der Waals surface area contributed by atoms with Gasteiger partial charge in [-0.3, -0.25) is 0 Å². The van der Waals surface area contributed by atoms with Gasteiger partial charge in [-0.25, -0.2) is 0 Å². The van der Waals surface area contributed by atoms with Crippen molar-refractivity contribution in [1.29, 1.82) is 0 Å². The highest BCUT2D eigenvalue weighted by atomic mass is 32.4. The van der Waals surface area contributed by atoms with E-state index in [9.17, 15) is 0 Å². The third-order valence-electron chi connectivity index (χ3n) is 2.50. The second kappa shape index (κ2) is 5.59. The van der Waals surface area contributed by atoms with E-state index in [2.05, 4.69) is 24.3 Å². The maximum atomic E-state index is 5.93. The molecule has 0 bridgehead atoms. The molecule has 0 amide bonds. The van der Waals surface area contributed by atoms with E-state index < -0.39 is 6.26 Å². The quantitative estimate of drug-likeness (QED) is 0.783. The van der Waals surface area contributed by atoms with Crippen molar-refractivity contribution < 1.29 is 4.52 Å². The Morgan fingerprint density at radius 3 is 1.65 bits per heavy atom. The maximum absolute atomic E-state index is 5.93. The summed E-state index contributed by atoms with van der Waals surface area (Å²) < 4.78 is 5.93. The zero-order valence-electron chi connectivity index (χ0n) is 9.74. The van der Waals surface area contributed by atoms with Crippen molar-refractivity contribution >= 4 is 28.7 Å². The third-order valence-corrected chi connectivity index (χ3v) is 6.66. The van der Waals surface area contributed by atoms with E-state index >= 15 is 0 Å². The summed E-state index contributed by atoms with van der Waals surface area (Å²) in [5.41, 5.74) is 0. The molecule has 0 saturated carbocycles. The zero-order chi connectivity index (χ0) is 12.1. The van der Waals surface area contributed by atoms with E-state index in [0.717, 1.165) is 10.6 Å². The first-order valence-corrected chi connectivity index (χ1v) is 8.35. The monoisotopic (exact) mass is 262 g/mol. The molecule has 0 atom stereocenters.